The number of aromatic nitrogens is 1. The van der Waals surface area contributed by atoms with Crippen LogP contribution in [0.15, 0.2) is 175 Å². The van der Waals surface area contributed by atoms with Crippen molar-refractivity contribution in [1.82, 2.24) is 4.57 Å². The standard InChI is InChI=1S/C55H43NO3/c1-2-14-36(15-3-1)56-45-22-8-4-16-39(45)53-37(18-12-23-46(53)56)34-28-30-43-51(32-34)58-48-25-10-6-20-41(48)55(43)42-21-7-11-26-49(42)59-52-33-35(29-31-44(52)55)38-19-13-27-50-54(38)40-17-5-9-24-47(40)57-50/h1-3,5-14,17-18,20-31,33-34,36,38,50,54H,4,15-16,19,32H2. The molecule has 6 unspecified atom stereocenters. The van der Waals surface area contributed by atoms with Crippen LogP contribution in [0.3, 0.4) is 0 Å². The monoisotopic (exact) mass is 765 g/mol. The molecule has 59 heavy (non-hydrogen) atoms. The van der Waals surface area contributed by atoms with Gasteiger partial charge in [0.15, 0.2) is 0 Å². The Morgan fingerprint density at radius 2 is 1.42 bits per heavy atom. The van der Waals surface area contributed by atoms with Crippen molar-refractivity contribution in [2.24, 2.45) is 0 Å². The van der Waals surface area contributed by atoms with E-state index < -0.39 is 5.41 Å². The maximum absolute atomic E-state index is 7.10. The molecule has 6 aromatic rings. The Kier molecular flexibility index (Phi) is 7.22. The molecule has 0 saturated heterocycles. The fourth-order valence-corrected chi connectivity index (χ4v) is 11.8. The molecule has 0 N–H and O–H groups in total. The number of para-hydroxylation sites is 3. The van der Waals surface area contributed by atoms with E-state index in [-0.39, 0.29) is 23.9 Å². The first-order chi connectivity index (χ1) is 29.3. The lowest BCUT2D eigenvalue weighted by atomic mass is 9.60. The smallest absolute Gasteiger partial charge is 0.132 e. The van der Waals surface area contributed by atoms with Crippen LogP contribution in [-0.4, -0.2) is 10.7 Å². The minimum absolute atomic E-state index is 0.0400. The zero-order valence-corrected chi connectivity index (χ0v) is 32.8. The van der Waals surface area contributed by atoms with Crippen LogP contribution in [-0.2, 0) is 11.8 Å². The summed E-state index contributed by atoms with van der Waals surface area (Å²) in [4.78, 5) is 0. The molecule has 6 atom stereocenters. The van der Waals surface area contributed by atoms with E-state index in [4.69, 9.17) is 14.2 Å². The minimum Gasteiger partial charge on any atom is -0.485 e. The van der Waals surface area contributed by atoms with E-state index in [1.165, 1.54) is 44.4 Å². The van der Waals surface area contributed by atoms with Gasteiger partial charge < -0.3 is 18.8 Å². The summed E-state index contributed by atoms with van der Waals surface area (Å²) in [6.07, 6.45) is 28.1. The summed E-state index contributed by atoms with van der Waals surface area (Å²) in [5.41, 5.74) is 12.2. The summed E-state index contributed by atoms with van der Waals surface area (Å²) in [6, 6.07) is 40.3. The number of hydrogen-bond donors (Lipinski definition) is 0. The predicted octanol–water partition coefficient (Wildman–Crippen LogP) is 13.1. The summed E-state index contributed by atoms with van der Waals surface area (Å²) in [7, 11) is 0. The van der Waals surface area contributed by atoms with Crippen molar-refractivity contribution in [3.8, 4) is 23.0 Å². The number of benzene rings is 5. The molecule has 0 bridgehead atoms. The highest BCUT2D eigenvalue weighted by atomic mass is 16.5. The van der Waals surface area contributed by atoms with E-state index in [0.717, 1.165) is 77.6 Å². The van der Waals surface area contributed by atoms with Gasteiger partial charge in [-0.1, -0.05) is 127 Å². The lowest BCUT2D eigenvalue weighted by Gasteiger charge is -2.46. The van der Waals surface area contributed by atoms with Crippen molar-refractivity contribution in [2.75, 3.05) is 0 Å². The molecule has 4 nitrogen and oxygen atoms in total. The number of fused-ring (bicyclic) bond motifs is 13. The van der Waals surface area contributed by atoms with E-state index in [1.807, 2.05) is 0 Å². The lowest BCUT2D eigenvalue weighted by Crippen LogP contribution is -2.39. The molecule has 4 aliphatic carbocycles. The second-order valence-corrected chi connectivity index (χ2v) is 17.2. The van der Waals surface area contributed by atoms with Gasteiger partial charge in [-0.2, -0.15) is 0 Å². The van der Waals surface area contributed by atoms with Crippen molar-refractivity contribution < 1.29 is 14.2 Å². The highest BCUT2D eigenvalue weighted by Gasteiger charge is 2.52. The van der Waals surface area contributed by atoms with Crippen molar-refractivity contribution in [2.45, 2.75) is 67.4 Å². The van der Waals surface area contributed by atoms with Gasteiger partial charge in [-0.15, -0.1) is 0 Å². The molecule has 4 heterocycles. The maximum atomic E-state index is 7.10. The third-order valence-electron chi connectivity index (χ3n) is 14.3. The second kappa shape index (κ2) is 12.7. The van der Waals surface area contributed by atoms with Crippen LogP contribution in [0.4, 0.5) is 0 Å². The Hall–Kier alpha value is -6.52. The first kappa shape index (κ1) is 33.5. The topological polar surface area (TPSA) is 32.6 Å². The number of allylic oxidation sites excluding steroid dienone is 10. The molecule has 0 amide bonds. The fourth-order valence-electron chi connectivity index (χ4n) is 11.8. The molecule has 13 rings (SSSR count). The van der Waals surface area contributed by atoms with Gasteiger partial charge >= 0.3 is 0 Å². The summed E-state index contributed by atoms with van der Waals surface area (Å²) >= 11 is 0. The van der Waals surface area contributed by atoms with Gasteiger partial charge in [-0.3, -0.25) is 0 Å². The van der Waals surface area contributed by atoms with E-state index in [1.54, 1.807) is 0 Å². The van der Waals surface area contributed by atoms with Crippen molar-refractivity contribution in [3.63, 3.8) is 0 Å². The molecule has 286 valence electrons. The third-order valence-corrected chi connectivity index (χ3v) is 14.3. The Balaban J connectivity index is 0.964. The van der Waals surface area contributed by atoms with Crippen LogP contribution in [0.2, 0.25) is 0 Å². The quantitative estimate of drug-likeness (QED) is 0.168. The third kappa shape index (κ3) is 4.72. The number of ether oxygens (including phenoxy) is 3. The van der Waals surface area contributed by atoms with Crippen LogP contribution < -0.4 is 14.2 Å². The Morgan fingerprint density at radius 1 is 0.627 bits per heavy atom. The summed E-state index contributed by atoms with van der Waals surface area (Å²) in [6.45, 7) is 0. The fraction of sp³-hybridized carbons (Fsp3) is 0.200. The molecule has 0 radical (unpaired) electrons. The lowest BCUT2D eigenvalue weighted by molar-refractivity contribution is 0.232. The molecule has 0 saturated carbocycles. The van der Waals surface area contributed by atoms with Gasteiger partial charge in [0.2, 0.25) is 0 Å². The number of aryl methyl sites for hydroxylation is 1. The highest BCUT2D eigenvalue weighted by molar-refractivity contribution is 5.93. The molecule has 1 aromatic heterocycles. The Bertz CT molecular complexity index is 2950. The van der Waals surface area contributed by atoms with Gasteiger partial charge in [0.25, 0.3) is 0 Å². The van der Waals surface area contributed by atoms with Gasteiger partial charge in [0, 0.05) is 62.7 Å². The number of rotatable bonds is 3. The maximum Gasteiger partial charge on any atom is 0.132 e. The molecule has 0 fully saturated rings. The van der Waals surface area contributed by atoms with Crippen LogP contribution in [0, 0.1) is 0 Å². The minimum atomic E-state index is -0.618. The molecule has 3 aliphatic heterocycles. The Labute approximate surface area is 344 Å². The Morgan fingerprint density at radius 3 is 2.29 bits per heavy atom. The van der Waals surface area contributed by atoms with Gasteiger partial charge in [0.05, 0.1) is 11.5 Å². The molecular weight excluding hydrogens is 723 g/mol. The molecule has 1 spiro atoms. The van der Waals surface area contributed by atoms with Gasteiger partial charge in [-0.05, 0) is 90.8 Å². The van der Waals surface area contributed by atoms with E-state index >= 15 is 0 Å². The van der Waals surface area contributed by atoms with Gasteiger partial charge in [0.1, 0.15) is 34.9 Å². The number of hydrogen-bond acceptors (Lipinski definition) is 3. The average Bonchev–Trinajstić information content (AvgIpc) is 3.85. The average molecular weight is 766 g/mol. The number of nitrogens with zero attached hydrogens (tertiary/aromatic N) is 1. The molecular formula is C55H43NO3. The highest BCUT2D eigenvalue weighted by Crippen LogP contribution is 2.62. The first-order valence-electron chi connectivity index (χ1n) is 21.4. The van der Waals surface area contributed by atoms with E-state index in [2.05, 4.69) is 175 Å². The molecule has 7 aliphatic rings. The summed E-state index contributed by atoms with van der Waals surface area (Å²) in [5, 5.41) is 1.42. The van der Waals surface area contributed by atoms with Crippen LogP contribution in [0.5, 0.6) is 23.0 Å². The zero-order chi connectivity index (χ0) is 38.7. The van der Waals surface area contributed by atoms with Crippen LogP contribution in [0.1, 0.15) is 94.1 Å². The second-order valence-electron chi connectivity index (χ2n) is 17.2. The van der Waals surface area contributed by atoms with Crippen molar-refractivity contribution in [1.29, 1.82) is 0 Å². The van der Waals surface area contributed by atoms with Crippen molar-refractivity contribution >= 4 is 17.0 Å². The largest absolute Gasteiger partial charge is 0.485 e. The van der Waals surface area contributed by atoms with Crippen LogP contribution >= 0.6 is 0 Å². The molecule has 5 aromatic carbocycles. The summed E-state index contributed by atoms with van der Waals surface area (Å²) < 4.78 is 23.2. The normalized spacial score (nSPS) is 26.2. The van der Waals surface area contributed by atoms with Gasteiger partial charge in [-0.25, -0.2) is 0 Å². The van der Waals surface area contributed by atoms with E-state index in [9.17, 15) is 0 Å². The SMILES string of the molecule is C1=CCC(n2c3c(c4c(C5C=CC6=C(C5)Oc5ccccc5C65c6ccccc6Oc6cc(C7CC=CC8Oc9ccccc9C87)ccc65)cccc42)CCC=C3)C=C1. The summed E-state index contributed by atoms with van der Waals surface area (Å²) in [5.74, 6) is 5.45. The first-order valence-corrected chi connectivity index (χ1v) is 21.4. The van der Waals surface area contributed by atoms with Crippen molar-refractivity contribution in [3.05, 3.63) is 220 Å². The predicted molar refractivity (Wildman–Crippen MR) is 235 cm³/mol. The molecule has 4 heteroatoms. The van der Waals surface area contributed by atoms with E-state index in [0.29, 0.717) is 6.04 Å². The zero-order valence-electron chi connectivity index (χ0n) is 32.8. The van der Waals surface area contributed by atoms with Crippen LogP contribution in [0.25, 0.3) is 17.0 Å².